The second-order valence-electron chi connectivity index (χ2n) is 4.75. The van der Waals surface area contributed by atoms with Gasteiger partial charge >= 0.3 is 0 Å². The molecule has 0 spiro atoms. The quantitative estimate of drug-likeness (QED) is 0.809. The minimum absolute atomic E-state index is 0.150. The van der Waals surface area contributed by atoms with Crippen LogP contribution in [0.2, 0.25) is 5.15 Å². The molecule has 0 amide bonds. The van der Waals surface area contributed by atoms with Crippen LogP contribution in [0.3, 0.4) is 0 Å². The standard InChI is InChI=1S/C14H13ClN4/c15-14-11(7-16)13(19-6-5-9(17)8-19)10-3-1-2-4-12(10)18-14/h1-4,9H,5-6,8,17H2. The van der Waals surface area contributed by atoms with E-state index in [9.17, 15) is 5.26 Å². The number of hydrogen-bond acceptors (Lipinski definition) is 4. The highest BCUT2D eigenvalue weighted by Gasteiger charge is 2.25. The molecule has 1 unspecified atom stereocenters. The Labute approximate surface area is 116 Å². The summed E-state index contributed by atoms with van der Waals surface area (Å²) in [5.41, 5.74) is 8.08. The van der Waals surface area contributed by atoms with E-state index in [0.717, 1.165) is 36.1 Å². The van der Waals surface area contributed by atoms with Gasteiger partial charge in [-0.1, -0.05) is 29.8 Å². The SMILES string of the molecule is N#Cc1c(Cl)nc2ccccc2c1N1CCC(N)C1. The predicted octanol–water partition coefficient (Wildman–Crippen LogP) is 2.30. The smallest absolute Gasteiger partial charge is 0.149 e. The zero-order valence-corrected chi connectivity index (χ0v) is 11.1. The first-order chi connectivity index (χ1) is 9.20. The van der Waals surface area contributed by atoms with Crippen molar-refractivity contribution in [1.29, 1.82) is 5.26 Å². The summed E-state index contributed by atoms with van der Waals surface area (Å²) in [4.78, 5) is 6.42. The van der Waals surface area contributed by atoms with Crippen LogP contribution in [0.4, 0.5) is 5.69 Å². The van der Waals surface area contributed by atoms with E-state index in [0.29, 0.717) is 5.56 Å². The molecular weight excluding hydrogens is 260 g/mol. The van der Waals surface area contributed by atoms with Crippen LogP contribution in [0.25, 0.3) is 10.9 Å². The summed E-state index contributed by atoms with van der Waals surface area (Å²) in [6, 6.07) is 10.1. The number of halogens is 1. The fourth-order valence-electron chi connectivity index (χ4n) is 2.58. The molecule has 1 saturated heterocycles. The number of rotatable bonds is 1. The van der Waals surface area contributed by atoms with E-state index in [2.05, 4.69) is 16.0 Å². The lowest BCUT2D eigenvalue weighted by atomic mass is 10.1. The third-order valence-electron chi connectivity index (χ3n) is 3.47. The number of hydrogen-bond donors (Lipinski definition) is 1. The highest BCUT2D eigenvalue weighted by molar-refractivity contribution is 6.31. The van der Waals surface area contributed by atoms with Gasteiger partial charge in [-0.3, -0.25) is 0 Å². The molecule has 4 nitrogen and oxygen atoms in total. The van der Waals surface area contributed by atoms with E-state index in [-0.39, 0.29) is 11.2 Å². The second kappa shape index (κ2) is 4.69. The van der Waals surface area contributed by atoms with Gasteiger partial charge in [0.1, 0.15) is 16.8 Å². The number of fused-ring (bicyclic) bond motifs is 1. The molecule has 2 N–H and O–H groups in total. The first-order valence-corrected chi connectivity index (χ1v) is 6.57. The van der Waals surface area contributed by atoms with Gasteiger partial charge < -0.3 is 10.6 Å². The number of para-hydroxylation sites is 1. The second-order valence-corrected chi connectivity index (χ2v) is 5.11. The van der Waals surface area contributed by atoms with Crippen molar-refractivity contribution in [2.75, 3.05) is 18.0 Å². The molecule has 1 fully saturated rings. The zero-order valence-electron chi connectivity index (χ0n) is 10.3. The van der Waals surface area contributed by atoms with Crippen LogP contribution in [0.1, 0.15) is 12.0 Å². The molecule has 1 aromatic heterocycles. The molecule has 2 heterocycles. The van der Waals surface area contributed by atoms with Gasteiger partial charge in [0.15, 0.2) is 0 Å². The third-order valence-corrected chi connectivity index (χ3v) is 3.75. The molecule has 3 rings (SSSR count). The molecule has 1 aliphatic heterocycles. The van der Waals surface area contributed by atoms with Crippen molar-refractivity contribution in [3.63, 3.8) is 0 Å². The van der Waals surface area contributed by atoms with Crippen LogP contribution >= 0.6 is 11.6 Å². The third kappa shape index (κ3) is 2.01. The first kappa shape index (κ1) is 12.2. The van der Waals surface area contributed by atoms with Crippen molar-refractivity contribution in [1.82, 2.24) is 4.98 Å². The highest BCUT2D eigenvalue weighted by Crippen LogP contribution is 2.35. The number of aromatic nitrogens is 1. The van der Waals surface area contributed by atoms with Gasteiger partial charge in [-0.15, -0.1) is 0 Å². The van der Waals surface area contributed by atoms with E-state index in [1.165, 1.54) is 0 Å². The van der Waals surface area contributed by atoms with Crippen molar-refractivity contribution < 1.29 is 0 Å². The number of nitriles is 1. The van der Waals surface area contributed by atoms with Crippen molar-refractivity contribution in [3.8, 4) is 6.07 Å². The van der Waals surface area contributed by atoms with E-state index in [4.69, 9.17) is 17.3 Å². The van der Waals surface area contributed by atoms with Gasteiger partial charge in [0.05, 0.1) is 11.2 Å². The number of anilines is 1. The normalized spacial score (nSPS) is 18.8. The summed E-state index contributed by atoms with van der Waals surface area (Å²) in [6.07, 6.45) is 0.930. The van der Waals surface area contributed by atoms with Gasteiger partial charge in [-0.25, -0.2) is 4.98 Å². The molecule has 5 heteroatoms. The van der Waals surface area contributed by atoms with Crippen molar-refractivity contribution in [2.45, 2.75) is 12.5 Å². The van der Waals surface area contributed by atoms with Crippen LogP contribution in [0, 0.1) is 11.3 Å². The van der Waals surface area contributed by atoms with Crippen LogP contribution in [-0.4, -0.2) is 24.1 Å². The van der Waals surface area contributed by atoms with Gasteiger partial charge in [-0.2, -0.15) is 5.26 Å². The highest BCUT2D eigenvalue weighted by atomic mass is 35.5. The summed E-state index contributed by atoms with van der Waals surface area (Å²) < 4.78 is 0. The van der Waals surface area contributed by atoms with Gasteiger partial charge in [0, 0.05) is 24.5 Å². The molecule has 0 saturated carbocycles. The number of nitrogens with two attached hydrogens (primary N) is 1. The number of nitrogens with zero attached hydrogens (tertiary/aromatic N) is 3. The zero-order chi connectivity index (χ0) is 13.4. The molecule has 0 bridgehead atoms. The molecule has 1 atom stereocenters. The Balaban J connectivity index is 2.28. The first-order valence-electron chi connectivity index (χ1n) is 6.19. The monoisotopic (exact) mass is 272 g/mol. The van der Waals surface area contributed by atoms with Crippen LogP contribution in [0.15, 0.2) is 24.3 Å². The lowest BCUT2D eigenvalue weighted by molar-refractivity contribution is 0.752. The topological polar surface area (TPSA) is 65.9 Å². The molecule has 0 radical (unpaired) electrons. The maximum Gasteiger partial charge on any atom is 0.149 e. The number of benzene rings is 1. The van der Waals surface area contributed by atoms with Crippen molar-refractivity contribution >= 4 is 28.2 Å². The van der Waals surface area contributed by atoms with Crippen molar-refractivity contribution in [2.24, 2.45) is 5.73 Å². The van der Waals surface area contributed by atoms with Crippen molar-refractivity contribution in [3.05, 3.63) is 35.0 Å². The Bertz CT molecular complexity index is 677. The molecule has 1 aliphatic rings. The maximum atomic E-state index is 9.35. The van der Waals surface area contributed by atoms with Gasteiger partial charge in [-0.05, 0) is 12.5 Å². The Morgan fingerprint density at radius 1 is 1.42 bits per heavy atom. The average molecular weight is 273 g/mol. The fourth-order valence-corrected chi connectivity index (χ4v) is 2.81. The summed E-state index contributed by atoms with van der Waals surface area (Å²) in [5, 5.41) is 10.6. The van der Waals surface area contributed by atoms with Gasteiger partial charge in [0.25, 0.3) is 0 Å². The van der Waals surface area contributed by atoms with E-state index < -0.39 is 0 Å². The minimum Gasteiger partial charge on any atom is -0.368 e. The lowest BCUT2D eigenvalue weighted by Crippen LogP contribution is -2.27. The fraction of sp³-hybridized carbons (Fsp3) is 0.286. The largest absolute Gasteiger partial charge is 0.368 e. The van der Waals surface area contributed by atoms with Crippen LogP contribution in [0.5, 0.6) is 0 Å². The molecular formula is C14H13ClN4. The summed E-state index contributed by atoms with van der Waals surface area (Å²) in [7, 11) is 0. The Hall–Kier alpha value is -1.83. The van der Waals surface area contributed by atoms with Gasteiger partial charge in [0.2, 0.25) is 0 Å². The van der Waals surface area contributed by atoms with Crippen LogP contribution < -0.4 is 10.6 Å². The minimum atomic E-state index is 0.150. The predicted molar refractivity (Wildman–Crippen MR) is 76.3 cm³/mol. The molecule has 19 heavy (non-hydrogen) atoms. The van der Waals surface area contributed by atoms with E-state index in [1.807, 2.05) is 24.3 Å². The number of pyridine rings is 1. The Kier molecular flexibility index (Phi) is 3.02. The lowest BCUT2D eigenvalue weighted by Gasteiger charge is -2.21. The van der Waals surface area contributed by atoms with E-state index in [1.54, 1.807) is 0 Å². The molecule has 96 valence electrons. The molecule has 0 aliphatic carbocycles. The summed E-state index contributed by atoms with van der Waals surface area (Å²) in [6.45, 7) is 1.60. The average Bonchev–Trinajstić information content (AvgIpc) is 2.83. The maximum absolute atomic E-state index is 9.35. The molecule has 2 aromatic rings. The summed E-state index contributed by atoms with van der Waals surface area (Å²) >= 11 is 6.13. The Morgan fingerprint density at radius 3 is 2.89 bits per heavy atom. The molecule has 1 aromatic carbocycles. The summed E-state index contributed by atoms with van der Waals surface area (Å²) in [5.74, 6) is 0. The van der Waals surface area contributed by atoms with Crippen LogP contribution in [-0.2, 0) is 0 Å². The Morgan fingerprint density at radius 2 is 2.21 bits per heavy atom. The van der Waals surface area contributed by atoms with E-state index >= 15 is 0 Å².